The molecule has 0 aliphatic carbocycles. The van der Waals surface area contributed by atoms with Crippen LogP contribution < -0.4 is 0 Å². The average molecular weight is 147 g/mol. The fourth-order valence-corrected chi connectivity index (χ4v) is 0. The quantitative estimate of drug-likeness (QED) is 0.326. The van der Waals surface area contributed by atoms with Gasteiger partial charge in [0.1, 0.15) is 0 Å². The maximum atomic E-state index is 0. The fraction of sp³-hybridized carbons (Fsp3) is 0. The van der Waals surface area contributed by atoms with Crippen molar-refractivity contribution in [3.8, 4) is 0 Å². The van der Waals surface area contributed by atoms with Crippen LogP contribution in [-0.2, 0) is 18.6 Å². The minimum absolute atomic E-state index is 0. The monoisotopic (exact) mass is 147 g/mol. The molecule has 1 radical (unpaired) electrons. The van der Waals surface area contributed by atoms with Gasteiger partial charge in [0, 0.05) is 18.6 Å². The minimum atomic E-state index is 0. The zero-order valence-corrected chi connectivity index (χ0v) is 1.84. The Labute approximate surface area is 107 Å². The molecule has 4 heteroatoms. The van der Waals surface area contributed by atoms with Crippen LogP contribution in [0, 0.1) is 0 Å². The van der Waals surface area contributed by atoms with Crippen LogP contribution in [-0.4, -0.2) is 91.9 Å². The van der Waals surface area contributed by atoms with Crippen molar-refractivity contribution in [3.05, 3.63) is 0 Å². The first-order chi connectivity index (χ1) is 0. The summed E-state index contributed by atoms with van der Waals surface area (Å²) in [5, 5.41) is 0. The first-order valence-electron chi connectivity index (χ1n) is 0. The molecule has 0 aromatic heterocycles. The molecular weight excluding hydrogens is 141 g/mol. The van der Waals surface area contributed by atoms with Gasteiger partial charge >= 0.3 is 80.9 Å². The summed E-state index contributed by atoms with van der Waals surface area (Å²) in [6.45, 7) is 0. The van der Waals surface area contributed by atoms with E-state index in [1.807, 2.05) is 0 Å². The van der Waals surface area contributed by atoms with Gasteiger partial charge < -0.3 is 0 Å². The molecular formula is H6KNaSiV. The Morgan fingerprint density at radius 1 is 1.00 bits per heavy atom. The van der Waals surface area contributed by atoms with E-state index >= 15 is 0 Å². The van der Waals surface area contributed by atoms with E-state index in [9.17, 15) is 0 Å². The Morgan fingerprint density at radius 3 is 1.00 bits per heavy atom. The Bertz CT molecular complexity index is 8.00. The van der Waals surface area contributed by atoms with E-state index < -0.39 is 0 Å². The largest absolute Gasteiger partial charge is 0.0149 e. The van der Waals surface area contributed by atoms with Crippen molar-refractivity contribution in [2.45, 2.75) is 0 Å². The van der Waals surface area contributed by atoms with E-state index in [1.165, 1.54) is 0 Å². The van der Waals surface area contributed by atoms with Gasteiger partial charge in [0.2, 0.25) is 0 Å². The van der Waals surface area contributed by atoms with Crippen LogP contribution in [0.15, 0.2) is 0 Å². The summed E-state index contributed by atoms with van der Waals surface area (Å²) in [6, 6.07) is 0. The molecule has 0 rings (SSSR count). The molecule has 0 spiro atoms. The minimum Gasteiger partial charge on any atom is -0.0149 e. The number of hydrogen-bond acceptors (Lipinski definition) is 0. The molecule has 0 atom stereocenters. The Morgan fingerprint density at radius 2 is 1.00 bits per heavy atom. The predicted octanol–water partition coefficient (Wildman–Crippen LogP) is -2.75. The third kappa shape index (κ3) is 9.06. The van der Waals surface area contributed by atoms with Crippen LogP contribution in [0.5, 0.6) is 0 Å². The second-order valence-corrected chi connectivity index (χ2v) is 0. The summed E-state index contributed by atoms with van der Waals surface area (Å²) < 4.78 is 0. The van der Waals surface area contributed by atoms with Crippen LogP contribution in [0.3, 0.4) is 0 Å². The van der Waals surface area contributed by atoms with Gasteiger partial charge in [0.05, 0.1) is 0 Å². The zero-order valence-electron chi connectivity index (χ0n) is 0.447. The summed E-state index contributed by atoms with van der Waals surface area (Å²) in [7, 11) is 0. The fourth-order valence-electron chi connectivity index (χ4n) is 0. The molecule has 0 aliphatic rings. The first kappa shape index (κ1) is 26.1. The summed E-state index contributed by atoms with van der Waals surface area (Å²) in [5.74, 6) is 0. The Kier molecular flexibility index (Phi) is 105. The molecule has 4 heavy (non-hydrogen) atoms. The molecule has 0 bridgehead atoms. The van der Waals surface area contributed by atoms with Crippen molar-refractivity contribution in [3.63, 3.8) is 0 Å². The summed E-state index contributed by atoms with van der Waals surface area (Å²) >= 11 is 0. The number of hydrogen-bond donors (Lipinski definition) is 0. The van der Waals surface area contributed by atoms with Crippen LogP contribution in [0.25, 0.3) is 0 Å². The van der Waals surface area contributed by atoms with Crippen LogP contribution >= 0.6 is 0 Å². The molecule has 0 aromatic carbocycles. The van der Waals surface area contributed by atoms with Crippen LogP contribution in [0.1, 0.15) is 0 Å². The molecule has 0 aromatic rings. The number of rotatable bonds is 0. The van der Waals surface area contributed by atoms with Gasteiger partial charge in [0.25, 0.3) is 0 Å². The maximum Gasteiger partial charge on any atom is 0 e. The van der Waals surface area contributed by atoms with Gasteiger partial charge in [0.15, 0.2) is 0 Å². The third-order valence-electron chi connectivity index (χ3n) is 0. The summed E-state index contributed by atoms with van der Waals surface area (Å²) in [6.07, 6.45) is 0. The molecule has 0 unspecified atom stereocenters. The van der Waals surface area contributed by atoms with Gasteiger partial charge in [-0.1, -0.05) is 0 Å². The van der Waals surface area contributed by atoms with Gasteiger partial charge in [-0.3, -0.25) is 0 Å². The molecule has 0 N–H and O–H groups in total. The average Bonchev–Trinajstić information content (AvgIpc) is 0. The predicted molar refractivity (Wildman–Crippen MR) is 25.6 cm³/mol. The van der Waals surface area contributed by atoms with Gasteiger partial charge in [-0.25, -0.2) is 0 Å². The van der Waals surface area contributed by atoms with E-state index in [4.69, 9.17) is 0 Å². The van der Waals surface area contributed by atoms with Crippen molar-refractivity contribution in [1.29, 1.82) is 0 Å². The smallest absolute Gasteiger partial charge is 0 e. The normalized spacial score (nSPS) is 0. The van der Waals surface area contributed by atoms with Gasteiger partial charge in [-0.15, -0.1) is 0 Å². The van der Waals surface area contributed by atoms with Crippen molar-refractivity contribution in [2.24, 2.45) is 0 Å². The van der Waals surface area contributed by atoms with Crippen molar-refractivity contribution < 1.29 is 18.6 Å². The van der Waals surface area contributed by atoms with Crippen LogP contribution in [0.4, 0.5) is 0 Å². The zero-order chi connectivity index (χ0) is 0. The van der Waals surface area contributed by atoms with E-state index in [-0.39, 0.29) is 110 Å². The van der Waals surface area contributed by atoms with Crippen molar-refractivity contribution in [1.82, 2.24) is 0 Å². The molecule has 0 heterocycles. The Balaban J connectivity index is 0. The molecule has 0 fully saturated rings. The maximum absolute atomic E-state index is 0. The van der Waals surface area contributed by atoms with E-state index in [0.29, 0.717) is 0 Å². The summed E-state index contributed by atoms with van der Waals surface area (Å²) in [4.78, 5) is 0. The van der Waals surface area contributed by atoms with E-state index in [1.54, 1.807) is 0 Å². The second kappa shape index (κ2) is 16.1. The summed E-state index contributed by atoms with van der Waals surface area (Å²) in [5.41, 5.74) is 0. The molecule has 17 valence electrons. The SMILES string of the molecule is [KH].[NaH].[SiH4].[V]. The van der Waals surface area contributed by atoms with Gasteiger partial charge in [-0.2, -0.15) is 0 Å². The first-order valence-corrected chi connectivity index (χ1v) is 0. The molecule has 0 saturated carbocycles. The Hall–Kier alpha value is 3.44. The molecule has 0 amide bonds. The van der Waals surface area contributed by atoms with E-state index in [2.05, 4.69) is 0 Å². The standard InChI is InChI=1S/K.Na.H4Si.V.2H/h;;1H4;;;. The van der Waals surface area contributed by atoms with Crippen molar-refractivity contribution in [2.75, 3.05) is 0 Å². The molecule has 0 saturated heterocycles. The van der Waals surface area contributed by atoms with E-state index in [0.717, 1.165) is 0 Å². The second-order valence-electron chi connectivity index (χ2n) is 0. The molecule has 0 aliphatic heterocycles. The van der Waals surface area contributed by atoms with Gasteiger partial charge in [-0.05, 0) is 11.0 Å². The topological polar surface area (TPSA) is 0 Å². The molecule has 0 nitrogen and oxygen atoms in total. The van der Waals surface area contributed by atoms with Crippen molar-refractivity contribution >= 4 is 91.9 Å². The van der Waals surface area contributed by atoms with Crippen LogP contribution in [0.2, 0.25) is 0 Å². The third-order valence-corrected chi connectivity index (χ3v) is 0.